The maximum Gasteiger partial charge on any atom is 0.203 e. The van der Waals surface area contributed by atoms with Crippen molar-refractivity contribution >= 4 is 5.78 Å². The quantitative estimate of drug-likeness (QED) is 0.799. The van der Waals surface area contributed by atoms with Crippen molar-refractivity contribution in [3.05, 3.63) is 65.0 Å². The van der Waals surface area contributed by atoms with E-state index in [0.29, 0.717) is 11.6 Å². The zero-order valence-corrected chi connectivity index (χ0v) is 10.6. The van der Waals surface area contributed by atoms with Gasteiger partial charge < -0.3 is 4.74 Å². The van der Waals surface area contributed by atoms with Gasteiger partial charge in [-0.15, -0.1) is 0 Å². The average molecular weight is 280 g/mol. The highest BCUT2D eigenvalue weighted by Gasteiger charge is 2.14. The molecule has 0 aliphatic rings. The van der Waals surface area contributed by atoms with Crippen LogP contribution in [0.15, 0.2) is 36.4 Å². The first-order valence-corrected chi connectivity index (χ1v) is 5.85. The Balaban J connectivity index is 2.11. The molecule has 104 valence electrons. The van der Waals surface area contributed by atoms with Crippen LogP contribution in [0, 0.1) is 24.4 Å². The fourth-order valence-corrected chi connectivity index (χ4v) is 1.67. The third-order valence-corrected chi connectivity index (χ3v) is 2.75. The minimum absolute atomic E-state index is 0.0825. The lowest BCUT2D eigenvalue weighted by molar-refractivity contribution is 0.0914. The van der Waals surface area contributed by atoms with Crippen LogP contribution in [0.4, 0.5) is 13.2 Å². The highest BCUT2D eigenvalue weighted by molar-refractivity contribution is 5.97. The molecule has 0 aliphatic heterocycles. The zero-order chi connectivity index (χ0) is 14.7. The number of aryl methyl sites for hydroxylation is 1. The van der Waals surface area contributed by atoms with Crippen molar-refractivity contribution in [3.8, 4) is 5.75 Å². The van der Waals surface area contributed by atoms with Gasteiger partial charge in [-0.05, 0) is 30.7 Å². The van der Waals surface area contributed by atoms with Crippen molar-refractivity contribution in [1.29, 1.82) is 0 Å². The Morgan fingerprint density at radius 3 is 2.60 bits per heavy atom. The molecule has 0 radical (unpaired) electrons. The standard InChI is InChI=1S/C15H11F3O2/c1-9-3-2-4-14(15(9)18)20-8-13(19)11-6-5-10(16)7-12(11)17/h2-7H,8H2,1H3. The van der Waals surface area contributed by atoms with Gasteiger partial charge in [0.05, 0.1) is 5.56 Å². The Morgan fingerprint density at radius 1 is 1.15 bits per heavy atom. The first kappa shape index (κ1) is 14.1. The molecule has 20 heavy (non-hydrogen) atoms. The third-order valence-electron chi connectivity index (χ3n) is 2.75. The fraction of sp³-hybridized carbons (Fsp3) is 0.133. The Bertz CT molecular complexity index is 654. The summed E-state index contributed by atoms with van der Waals surface area (Å²) in [5, 5.41) is 0. The number of ether oxygens (including phenoxy) is 1. The number of benzene rings is 2. The van der Waals surface area contributed by atoms with Gasteiger partial charge in [0.2, 0.25) is 5.78 Å². The first-order chi connectivity index (χ1) is 9.49. The number of halogens is 3. The molecule has 0 saturated heterocycles. The molecule has 2 aromatic carbocycles. The normalized spacial score (nSPS) is 10.4. The predicted molar refractivity (Wildman–Crippen MR) is 67.3 cm³/mol. The highest BCUT2D eigenvalue weighted by Crippen LogP contribution is 2.20. The Labute approximate surface area is 113 Å². The lowest BCUT2D eigenvalue weighted by Gasteiger charge is -2.08. The zero-order valence-electron chi connectivity index (χ0n) is 10.6. The van der Waals surface area contributed by atoms with Gasteiger partial charge in [-0.3, -0.25) is 4.79 Å². The summed E-state index contributed by atoms with van der Waals surface area (Å²) in [4.78, 5) is 11.7. The molecule has 0 aromatic heterocycles. The summed E-state index contributed by atoms with van der Waals surface area (Å²) in [6, 6.07) is 7.13. The van der Waals surface area contributed by atoms with Crippen molar-refractivity contribution in [1.82, 2.24) is 0 Å². The lowest BCUT2D eigenvalue weighted by atomic mass is 10.1. The van der Waals surface area contributed by atoms with E-state index in [0.717, 1.165) is 12.1 Å². The summed E-state index contributed by atoms with van der Waals surface area (Å²) in [6.07, 6.45) is 0. The molecular formula is C15H11F3O2. The van der Waals surface area contributed by atoms with E-state index in [1.54, 1.807) is 19.1 Å². The maximum absolute atomic E-state index is 13.6. The summed E-state index contributed by atoms with van der Waals surface area (Å²) >= 11 is 0. The van der Waals surface area contributed by atoms with Gasteiger partial charge in [0.25, 0.3) is 0 Å². The van der Waals surface area contributed by atoms with E-state index < -0.39 is 29.8 Å². The summed E-state index contributed by atoms with van der Waals surface area (Å²) < 4.78 is 44.8. The van der Waals surface area contributed by atoms with E-state index in [2.05, 4.69) is 0 Å². The number of carbonyl (C=O) groups is 1. The van der Waals surface area contributed by atoms with Crippen molar-refractivity contribution in [2.75, 3.05) is 6.61 Å². The summed E-state index contributed by atoms with van der Waals surface area (Å²) in [6.45, 7) is 1.03. The third kappa shape index (κ3) is 2.99. The van der Waals surface area contributed by atoms with Crippen molar-refractivity contribution < 1.29 is 22.7 Å². The van der Waals surface area contributed by atoms with Gasteiger partial charge in [-0.25, -0.2) is 13.2 Å². The van der Waals surface area contributed by atoms with E-state index in [4.69, 9.17) is 4.74 Å². The molecule has 0 aliphatic carbocycles. The molecule has 0 atom stereocenters. The van der Waals surface area contributed by atoms with Gasteiger partial charge in [-0.2, -0.15) is 0 Å². The monoisotopic (exact) mass is 280 g/mol. The van der Waals surface area contributed by atoms with Crippen molar-refractivity contribution in [2.45, 2.75) is 6.92 Å². The molecule has 0 bridgehead atoms. The molecule has 0 fully saturated rings. The lowest BCUT2D eigenvalue weighted by Crippen LogP contribution is -2.14. The first-order valence-electron chi connectivity index (χ1n) is 5.85. The largest absolute Gasteiger partial charge is 0.482 e. The molecule has 2 nitrogen and oxygen atoms in total. The molecule has 2 aromatic rings. The number of hydrogen-bond donors (Lipinski definition) is 0. The van der Waals surface area contributed by atoms with E-state index >= 15 is 0 Å². The van der Waals surface area contributed by atoms with Crippen LogP contribution in [0.3, 0.4) is 0 Å². The number of ketones is 1. The SMILES string of the molecule is Cc1cccc(OCC(=O)c2ccc(F)cc2F)c1F. The second kappa shape index (κ2) is 5.77. The fourth-order valence-electron chi connectivity index (χ4n) is 1.67. The van der Waals surface area contributed by atoms with Gasteiger partial charge in [0.15, 0.2) is 18.2 Å². The van der Waals surface area contributed by atoms with Gasteiger partial charge in [-0.1, -0.05) is 12.1 Å². The van der Waals surface area contributed by atoms with E-state index in [1.807, 2.05) is 0 Å². The van der Waals surface area contributed by atoms with Crippen molar-refractivity contribution in [2.24, 2.45) is 0 Å². The molecule has 0 spiro atoms. The number of Topliss-reactive ketones (excluding diaryl/α,β-unsaturated/α-hetero) is 1. The second-order valence-electron chi connectivity index (χ2n) is 4.22. The molecule has 0 saturated carbocycles. The van der Waals surface area contributed by atoms with Crippen LogP contribution in [-0.2, 0) is 0 Å². The maximum atomic E-state index is 13.6. The molecule has 5 heteroatoms. The summed E-state index contributed by atoms with van der Waals surface area (Å²) in [7, 11) is 0. The van der Waals surface area contributed by atoms with Crippen molar-refractivity contribution in [3.63, 3.8) is 0 Å². The Kier molecular flexibility index (Phi) is 4.08. The van der Waals surface area contributed by atoms with E-state index in [9.17, 15) is 18.0 Å². The molecule has 0 amide bonds. The average Bonchev–Trinajstić information content (AvgIpc) is 2.40. The summed E-state index contributed by atoms with van der Waals surface area (Å²) in [5.74, 6) is -3.09. The van der Waals surface area contributed by atoms with Gasteiger partial charge in [0, 0.05) is 6.07 Å². The van der Waals surface area contributed by atoms with Crippen LogP contribution in [0.25, 0.3) is 0 Å². The minimum atomic E-state index is -0.969. The van der Waals surface area contributed by atoms with E-state index in [1.165, 1.54) is 6.07 Å². The minimum Gasteiger partial charge on any atom is -0.482 e. The number of rotatable bonds is 4. The van der Waals surface area contributed by atoms with Gasteiger partial charge in [0.1, 0.15) is 11.6 Å². The Hall–Kier alpha value is -2.30. The van der Waals surface area contributed by atoms with Crippen LogP contribution in [-0.4, -0.2) is 12.4 Å². The van der Waals surface area contributed by atoms with E-state index in [-0.39, 0.29) is 11.3 Å². The molecular weight excluding hydrogens is 269 g/mol. The molecule has 2 rings (SSSR count). The van der Waals surface area contributed by atoms with Gasteiger partial charge >= 0.3 is 0 Å². The number of hydrogen-bond acceptors (Lipinski definition) is 2. The van der Waals surface area contributed by atoms with Crippen LogP contribution in [0.2, 0.25) is 0 Å². The highest BCUT2D eigenvalue weighted by atomic mass is 19.1. The predicted octanol–water partition coefficient (Wildman–Crippen LogP) is 3.67. The van der Waals surface area contributed by atoms with Crippen LogP contribution >= 0.6 is 0 Å². The summed E-state index contributed by atoms with van der Waals surface area (Å²) in [5.41, 5.74) is 0.0855. The molecule has 0 unspecified atom stereocenters. The molecule has 0 N–H and O–H groups in total. The molecule has 0 heterocycles. The topological polar surface area (TPSA) is 26.3 Å². The van der Waals surface area contributed by atoms with Crippen LogP contribution in [0.5, 0.6) is 5.75 Å². The number of carbonyl (C=O) groups excluding carboxylic acids is 1. The van der Waals surface area contributed by atoms with Crippen LogP contribution in [0.1, 0.15) is 15.9 Å². The Morgan fingerprint density at radius 2 is 1.90 bits per heavy atom. The smallest absolute Gasteiger partial charge is 0.203 e. The van der Waals surface area contributed by atoms with Crippen LogP contribution < -0.4 is 4.74 Å². The second-order valence-corrected chi connectivity index (χ2v) is 4.22.